The second-order valence-corrected chi connectivity index (χ2v) is 8.72. The van der Waals surface area contributed by atoms with Gasteiger partial charge in [-0.25, -0.2) is 14.0 Å². The number of piperazine rings is 1. The van der Waals surface area contributed by atoms with Crippen molar-refractivity contribution >= 4 is 23.6 Å². The fraction of sp³-hybridized carbons (Fsp3) is 0.346. The number of carbonyl (C=O) groups excluding carboxylic acids is 3. The van der Waals surface area contributed by atoms with Crippen molar-refractivity contribution in [2.75, 3.05) is 50.8 Å². The van der Waals surface area contributed by atoms with E-state index in [0.29, 0.717) is 55.4 Å². The van der Waals surface area contributed by atoms with E-state index in [0.717, 1.165) is 5.69 Å². The fourth-order valence-electron chi connectivity index (χ4n) is 4.82. The van der Waals surface area contributed by atoms with E-state index in [2.05, 4.69) is 10.2 Å². The van der Waals surface area contributed by atoms with Crippen LogP contribution in [0.3, 0.4) is 0 Å². The Kier molecular flexibility index (Phi) is 6.49. The number of amides is 3. The molecule has 0 aromatic heterocycles. The molecule has 3 aliphatic rings. The largest absolute Gasteiger partial charge is 0.494 e. The molecular formula is C26H27FN4O5. The molecule has 0 unspecified atom stereocenters. The third kappa shape index (κ3) is 4.46. The van der Waals surface area contributed by atoms with Gasteiger partial charge in [0, 0.05) is 37.4 Å². The molecule has 36 heavy (non-hydrogen) atoms. The fourth-order valence-corrected chi connectivity index (χ4v) is 4.82. The van der Waals surface area contributed by atoms with E-state index in [-0.39, 0.29) is 24.9 Å². The molecule has 5 rings (SSSR count). The summed E-state index contributed by atoms with van der Waals surface area (Å²) in [6, 6.07) is 12.3. The molecule has 0 bridgehead atoms. The number of nitrogens with one attached hydrogen (secondary N) is 1. The molecule has 0 radical (unpaired) electrons. The number of para-hydroxylation sites is 1. The standard InChI is InChI=1S/C26H27FN4O5/c1-2-35-21-6-4-3-5-19(21)24-23-20(16-36-25(23)33)31(26(34)28-24)15-22(32)30-13-11-29(12-14-30)18-9-7-17(27)8-10-18/h3-10,24H,2,11-16H2,1H3,(H,28,34)/t24-/m0/s1. The Bertz CT molecular complexity index is 1210. The number of nitrogens with zero attached hydrogens (tertiary/aromatic N) is 3. The van der Waals surface area contributed by atoms with Crippen molar-refractivity contribution in [3.63, 3.8) is 0 Å². The van der Waals surface area contributed by atoms with Gasteiger partial charge in [-0.15, -0.1) is 0 Å². The minimum atomic E-state index is -0.726. The Labute approximate surface area is 208 Å². The van der Waals surface area contributed by atoms with Crippen molar-refractivity contribution < 1.29 is 28.2 Å². The Morgan fingerprint density at radius 3 is 2.53 bits per heavy atom. The average Bonchev–Trinajstić information content (AvgIpc) is 3.28. The number of hydrogen-bond acceptors (Lipinski definition) is 6. The third-order valence-electron chi connectivity index (χ3n) is 6.65. The summed E-state index contributed by atoms with van der Waals surface area (Å²) in [5, 5.41) is 2.86. The first-order valence-corrected chi connectivity index (χ1v) is 11.9. The first kappa shape index (κ1) is 23.7. The van der Waals surface area contributed by atoms with Gasteiger partial charge in [-0.3, -0.25) is 9.69 Å². The molecule has 188 valence electrons. The molecule has 2 aromatic carbocycles. The van der Waals surface area contributed by atoms with Gasteiger partial charge in [0.25, 0.3) is 0 Å². The lowest BCUT2D eigenvalue weighted by molar-refractivity contribution is -0.136. The number of benzene rings is 2. The van der Waals surface area contributed by atoms with Crippen LogP contribution in [0.15, 0.2) is 59.8 Å². The molecule has 3 amide bonds. The molecule has 3 aliphatic heterocycles. The van der Waals surface area contributed by atoms with Crippen LogP contribution in [0.1, 0.15) is 18.5 Å². The number of hydrogen-bond donors (Lipinski definition) is 1. The van der Waals surface area contributed by atoms with Crippen molar-refractivity contribution in [1.82, 2.24) is 15.1 Å². The van der Waals surface area contributed by atoms with Crippen LogP contribution >= 0.6 is 0 Å². The molecule has 0 saturated carbocycles. The Morgan fingerprint density at radius 2 is 1.81 bits per heavy atom. The Balaban J connectivity index is 1.31. The van der Waals surface area contributed by atoms with Crippen molar-refractivity contribution in [3.05, 3.63) is 71.2 Å². The van der Waals surface area contributed by atoms with Gasteiger partial charge in [-0.1, -0.05) is 18.2 Å². The van der Waals surface area contributed by atoms with Gasteiger partial charge >= 0.3 is 12.0 Å². The zero-order valence-electron chi connectivity index (χ0n) is 19.9. The van der Waals surface area contributed by atoms with E-state index >= 15 is 0 Å². The summed E-state index contributed by atoms with van der Waals surface area (Å²) in [5.74, 6) is -0.464. The van der Waals surface area contributed by atoms with E-state index in [1.54, 1.807) is 29.2 Å². The summed E-state index contributed by atoms with van der Waals surface area (Å²) in [6.45, 7) is 4.15. The minimum absolute atomic E-state index is 0.0689. The highest BCUT2D eigenvalue weighted by Gasteiger charge is 2.44. The number of rotatable bonds is 6. The lowest BCUT2D eigenvalue weighted by Crippen LogP contribution is -2.54. The van der Waals surface area contributed by atoms with Crippen molar-refractivity contribution in [1.29, 1.82) is 0 Å². The summed E-state index contributed by atoms with van der Waals surface area (Å²) < 4.78 is 24.2. The molecular weight excluding hydrogens is 467 g/mol. The molecule has 1 atom stereocenters. The molecule has 0 spiro atoms. The summed E-state index contributed by atoms with van der Waals surface area (Å²) in [5.41, 5.74) is 2.27. The molecule has 10 heteroatoms. The van der Waals surface area contributed by atoms with E-state index < -0.39 is 18.0 Å². The first-order chi connectivity index (χ1) is 17.5. The van der Waals surface area contributed by atoms with Crippen LogP contribution in [0.25, 0.3) is 0 Å². The van der Waals surface area contributed by atoms with Gasteiger partial charge in [-0.2, -0.15) is 0 Å². The highest BCUT2D eigenvalue weighted by molar-refractivity contribution is 5.98. The second-order valence-electron chi connectivity index (χ2n) is 8.72. The third-order valence-corrected chi connectivity index (χ3v) is 6.65. The van der Waals surface area contributed by atoms with Crippen LogP contribution in [0, 0.1) is 5.82 Å². The highest BCUT2D eigenvalue weighted by Crippen LogP contribution is 2.38. The number of carbonyl (C=O) groups is 3. The smallest absolute Gasteiger partial charge is 0.338 e. The quantitative estimate of drug-likeness (QED) is 0.621. The highest BCUT2D eigenvalue weighted by atomic mass is 19.1. The Morgan fingerprint density at radius 1 is 1.08 bits per heavy atom. The molecule has 1 fully saturated rings. The Hall–Kier alpha value is -4.08. The van der Waals surface area contributed by atoms with Gasteiger partial charge < -0.3 is 24.6 Å². The van der Waals surface area contributed by atoms with Crippen LogP contribution in [0.4, 0.5) is 14.9 Å². The van der Waals surface area contributed by atoms with Gasteiger partial charge in [0.05, 0.1) is 23.9 Å². The average molecular weight is 495 g/mol. The predicted molar refractivity (Wildman–Crippen MR) is 129 cm³/mol. The van der Waals surface area contributed by atoms with Gasteiger partial charge in [0.2, 0.25) is 5.91 Å². The van der Waals surface area contributed by atoms with E-state index in [1.165, 1.54) is 17.0 Å². The second kappa shape index (κ2) is 9.88. The summed E-state index contributed by atoms with van der Waals surface area (Å²) in [4.78, 5) is 44.0. The monoisotopic (exact) mass is 494 g/mol. The number of urea groups is 1. The summed E-state index contributed by atoms with van der Waals surface area (Å²) in [7, 11) is 0. The molecule has 1 saturated heterocycles. The van der Waals surface area contributed by atoms with Crippen LogP contribution in [-0.2, 0) is 14.3 Å². The molecule has 3 heterocycles. The van der Waals surface area contributed by atoms with Gasteiger partial charge in [0.15, 0.2) is 0 Å². The van der Waals surface area contributed by atoms with E-state index in [1.807, 2.05) is 19.1 Å². The first-order valence-electron chi connectivity index (χ1n) is 11.9. The lowest BCUT2D eigenvalue weighted by atomic mass is 9.95. The number of halogens is 1. The number of esters is 1. The van der Waals surface area contributed by atoms with Gasteiger partial charge in [-0.05, 0) is 37.3 Å². The molecule has 1 N–H and O–H groups in total. The summed E-state index contributed by atoms with van der Waals surface area (Å²) >= 11 is 0. The normalized spacial score (nSPS) is 19.7. The SMILES string of the molecule is CCOc1ccccc1[C@@H]1NC(=O)N(CC(=O)N2CCN(c3ccc(F)cc3)CC2)C2=C1C(=O)OC2. The van der Waals surface area contributed by atoms with Crippen molar-refractivity contribution in [2.45, 2.75) is 13.0 Å². The molecule has 9 nitrogen and oxygen atoms in total. The topological polar surface area (TPSA) is 91.4 Å². The van der Waals surface area contributed by atoms with Crippen LogP contribution in [-0.4, -0.2) is 73.6 Å². The maximum absolute atomic E-state index is 13.2. The number of ether oxygens (including phenoxy) is 2. The maximum Gasteiger partial charge on any atom is 0.338 e. The zero-order valence-corrected chi connectivity index (χ0v) is 19.9. The number of anilines is 1. The molecule has 2 aromatic rings. The van der Waals surface area contributed by atoms with Crippen LogP contribution in [0.2, 0.25) is 0 Å². The molecule has 0 aliphatic carbocycles. The maximum atomic E-state index is 13.2. The predicted octanol–water partition coefficient (Wildman–Crippen LogP) is 2.45. The lowest BCUT2D eigenvalue weighted by Gasteiger charge is -2.38. The number of cyclic esters (lactones) is 1. The minimum Gasteiger partial charge on any atom is -0.494 e. The van der Waals surface area contributed by atoms with Crippen molar-refractivity contribution in [2.24, 2.45) is 0 Å². The van der Waals surface area contributed by atoms with Crippen molar-refractivity contribution in [3.8, 4) is 5.75 Å². The van der Waals surface area contributed by atoms with Crippen LogP contribution in [0.5, 0.6) is 5.75 Å². The summed E-state index contributed by atoms with van der Waals surface area (Å²) in [6.07, 6.45) is 0. The van der Waals surface area contributed by atoms with E-state index in [4.69, 9.17) is 9.47 Å². The zero-order chi connectivity index (χ0) is 25.2. The van der Waals surface area contributed by atoms with Crippen LogP contribution < -0.4 is 15.0 Å². The van der Waals surface area contributed by atoms with Gasteiger partial charge in [0.1, 0.15) is 24.7 Å². The van der Waals surface area contributed by atoms with E-state index in [9.17, 15) is 18.8 Å².